The van der Waals surface area contributed by atoms with Gasteiger partial charge in [0, 0.05) is 5.56 Å². The fourth-order valence-electron chi connectivity index (χ4n) is 2.32. The van der Waals surface area contributed by atoms with Crippen LogP contribution in [0.1, 0.15) is 0 Å². The zero-order valence-electron chi connectivity index (χ0n) is 12.1. The van der Waals surface area contributed by atoms with Gasteiger partial charge in [0.2, 0.25) is 4.96 Å². The summed E-state index contributed by atoms with van der Waals surface area (Å²) in [5.74, 6) is 1.05. The Bertz CT molecular complexity index is 977. The lowest BCUT2D eigenvalue weighted by Crippen LogP contribution is -1.94. The van der Waals surface area contributed by atoms with Gasteiger partial charge >= 0.3 is 0 Å². The molecular formula is C16H11FN4OS. The van der Waals surface area contributed by atoms with Gasteiger partial charge in [-0.25, -0.2) is 4.39 Å². The average molecular weight is 326 g/mol. The van der Waals surface area contributed by atoms with Gasteiger partial charge in [0.15, 0.2) is 5.82 Å². The Balaban J connectivity index is 1.85. The van der Waals surface area contributed by atoms with Crippen molar-refractivity contribution in [2.45, 2.75) is 0 Å². The lowest BCUT2D eigenvalue weighted by atomic mass is 10.2. The molecule has 0 radical (unpaired) electrons. The van der Waals surface area contributed by atoms with Gasteiger partial charge < -0.3 is 4.74 Å². The molecule has 4 rings (SSSR count). The van der Waals surface area contributed by atoms with Crippen LogP contribution in [0.5, 0.6) is 5.75 Å². The van der Waals surface area contributed by atoms with Gasteiger partial charge in [-0.1, -0.05) is 23.5 Å². The van der Waals surface area contributed by atoms with Gasteiger partial charge in [0.1, 0.15) is 16.6 Å². The van der Waals surface area contributed by atoms with Crippen LogP contribution < -0.4 is 4.74 Å². The van der Waals surface area contributed by atoms with Crippen molar-refractivity contribution < 1.29 is 9.13 Å². The second kappa shape index (κ2) is 5.44. The van der Waals surface area contributed by atoms with Crippen LogP contribution in [0.25, 0.3) is 26.9 Å². The maximum atomic E-state index is 13.1. The molecule has 2 aromatic heterocycles. The van der Waals surface area contributed by atoms with Crippen molar-refractivity contribution in [2.75, 3.05) is 7.11 Å². The highest BCUT2D eigenvalue weighted by atomic mass is 32.1. The number of ether oxygens (including phenoxy) is 1. The summed E-state index contributed by atoms with van der Waals surface area (Å²) in [6.07, 6.45) is 0. The van der Waals surface area contributed by atoms with Gasteiger partial charge in [-0.15, -0.1) is 10.2 Å². The van der Waals surface area contributed by atoms with Gasteiger partial charge in [0.25, 0.3) is 0 Å². The number of rotatable bonds is 3. The molecule has 114 valence electrons. The first-order chi connectivity index (χ1) is 11.3. The molecule has 2 aromatic carbocycles. The normalized spacial score (nSPS) is 11.0. The summed E-state index contributed by atoms with van der Waals surface area (Å²) < 4.78 is 20.1. The Kier molecular flexibility index (Phi) is 3.27. The molecule has 0 spiro atoms. The molecule has 0 aliphatic heterocycles. The lowest BCUT2D eigenvalue weighted by molar-refractivity contribution is 0.416. The van der Waals surface area contributed by atoms with E-state index in [9.17, 15) is 4.39 Å². The molecule has 4 aromatic rings. The first kappa shape index (κ1) is 13.8. The molecule has 5 nitrogen and oxygen atoms in total. The molecule has 23 heavy (non-hydrogen) atoms. The number of para-hydroxylation sites is 1. The van der Waals surface area contributed by atoms with Gasteiger partial charge in [-0.3, -0.25) is 0 Å². The van der Waals surface area contributed by atoms with Crippen molar-refractivity contribution >= 4 is 16.3 Å². The van der Waals surface area contributed by atoms with Gasteiger partial charge in [-0.2, -0.15) is 9.61 Å². The first-order valence-electron chi connectivity index (χ1n) is 6.88. The second-order valence-electron chi connectivity index (χ2n) is 4.83. The molecule has 0 unspecified atom stereocenters. The monoisotopic (exact) mass is 326 g/mol. The maximum absolute atomic E-state index is 13.1. The van der Waals surface area contributed by atoms with Crippen molar-refractivity contribution in [1.82, 2.24) is 19.8 Å². The van der Waals surface area contributed by atoms with E-state index in [-0.39, 0.29) is 5.82 Å². The fraction of sp³-hybridized carbons (Fsp3) is 0.0625. The third-order valence-corrected chi connectivity index (χ3v) is 4.38. The van der Waals surface area contributed by atoms with Gasteiger partial charge in [-0.05, 0) is 36.4 Å². The maximum Gasteiger partial charge on any atom is 0.235 e. The highest BCUT2D eigenvalue weighted by Crippen LogP contribution is 2.31. The molecule has 0 saturated carbocycles. The number of halogens is 1. The Morgan fingerprint density at radius 2 is 1.83 bits per heavy atom. The number of aromatic nitrogens is 4. The average Bonchev–Trinajstić information content (AvgIpc) is 3.16. The zero-order chi connectivity index (χ0) is 15.8. The third kappa shape index (κ3) is 2.35. The van der Waals surface area contributed by atoms with E-state index >= 15 is 0 Å². The molecule has 0 saturated heterocycles. The fourth-order valence-corrected chi connectivity index (χ4v) is 3.17. The van der Waals surface area contributed by atoms with Crippen LogP contribution in [0.3, 0.4) is 0 Å². The largest absolute Gasteiger partial charge is 0.496 e. The summed E-state index contributed by atoms with van der Waals surface area (Å²) in [6.45, 7) is 0. The van der Waals surface area contributed by atoms with Crippen LogP contribution in [0, 0.1) is 5.82 Å². The molecule has 0 fully saturated rings. The van der Waals surface area contributed by atoms with Crippen molar-refractivity contribution in [3.8, 4) is 27.7 Å². The number of fused-ring (bicyclic) bond motifs is 1. The van der Waals surface area contributed by atoms with Crippen LogP contribution in [-0.4, -0.2) is 26.9 Å². The van der Waals surface area contributed by atoms with E-state index in [4.69, 9.17) is 4.74 Å². The van der Waals surface area contributed by atoms with Crippen molar-refractivity contribution in [1.29, 1.82) is 0 Å². The highest BCUT2D eigenvalue weighted by molar-refractivity contribution is 7.19. The summed E-state index contributed by atoms with van der Waals surface area (Å²) in [5.41, 5.74) is 1.66. The number of nitrogens with zero attached hydrogens (tertiary/aromatic N) is 4. The summed E-state index contributed by atoms with van der Waals surface area (Å²) in [6, 6.07) is 13.8. The molecule has 0 atom stereocenters. The molecule has 0 N–H and O–H groups in total. The van der Waals surface area contributed by atoms with Crippen LogP contribution in [0.15, 0.2) is 48.5 Å². The lowest BCUT2D eigenvalue weighted by Gasteiger charge is -2.04. The minimum atomic E-state index is -0.272. The van der Waals surface area contributed by atoms with Crippen molar-refractivity contribution in [3.63, 3.8) is 0 Å². The third-order valence-electron chi connectivity index (χ3n) is 3.43. The van der Waals surface area contributed by atoms with Crippen molar-refractivity contribution in [2.24, 2.45) is 0 Å². The SMILES string of the molecule is COc1ccccc1-c1nnc2sc(-c3ccc(F)cc3)nn12. The predicted molar refractivity (Wildman–Crippen MR) is 86.0 cm³/mol. The Hall–Kier alpha value is -2.80. The molecule has 0 aliphatic rings. The van der Waals surface area contributed by atoms with Crippen LogP contribution in [0.4, 0.5) is 4.39 Å². The Morgan fingerprint density at radius 1 is 1.04 bits per heavy atom. The molecular weight excluding hydrogens is 315 g/mol. The minimum absolute atomic E-state index is 0.272. The van der Waals surface area contributed by atoms with E-state index in [0.29, 0.717) is 16.5 Å². The number of methoxy groups -OCH3 is 1. The summed E-state index contributed by atoms with van der Waals surface area (Å²) in [7, 11) is 1.61. The standard InChI is InChI=1S/C16H11FN4OS/c1-22-13-5-3-2-4-12(13)14-18-19-16-21(14)20-15(23-16)10-6-8-11(17)9-7-10/h2-9H,1H3. The summed E-state index contributed by atoms with van der Waals surface area (Å²) >= 11 is 1.40. The van der Waals surface area contributed by atoms with Crippen LogP contribution in [0.2, 0.25) is 0 Å². The molecule has 7 heteroatoms. The van der Waals surface area contributed by atoms with Crippen LogP contribution in [-0.2, 0) is 0 Å². The van der Waals surface area contributed by atoms with E-state index in [1.807, 2.05) is 24.3 Å². The van der Waals surface area contributed by atoms with Gasteiger partial charge in [0.05, 0.1) is 12.7 Å². The summed E-state index contributed by atoms with van der Waals surface area (Å²) in [5, 5.41) is 13.7. The predicted octanol–water partition coefficient (Wildman–Crippen LogP) is 3.67. The number of hydrogen-bond acceptors (Lipinski definition) is 5. The van der Waals surface area contributed by atoms with E-state index in [1.54, 1.807) is 23.8 Å². The van der Waals surface area contributed by atoms with Crippen molar-refractivity contribution in [3.05, 3.63) is 54.3 Å². The highest BCUT2D eigenvalue weighted by Gasteiger charge is 2.17. The van der Waals surface area contributed by atoms with E-state index in [2.05, 4.69) is 15.3 Å². The summed E-state index contributed by atoms with van der Waals surface area (Å²) in [4.78, 5) is 0.672. The Labute approximate surface area is 135 Å². The quantitative estimate of drug-likeness (QED) is 0.576. The smallest absolute Gasteiger partial charge is 0.235 e. The second-order valence-corrected chi connectivity index (χ2v) is 5.79. The molecule has 2 heterocycles. The number of benzene rings is 2. The molecule has 0 bridgehead atoms. The van der Waals surface area contributed by atoms with Crippen LogP contribution >= 0.6 is 11.3 Å². The Morgan fingerprint density at radius 3 is 2.61 bits per heavy atom. The number of hydrogen-bond donors (Lipinski definition) is 0. The topological polar surface area (TPSA) is 52.3 Å². The zero-order valence-corrected chi connectivity index (χ0v) is 12.9. The van der Waals surface area contributed by atoms with E-state index in [1.165, 1.54) is 23.5 Å². The van der Waals surface area contributed by atoms with E-state index in [0.717, 1.165) is 16.1 Å². The minimum Gasteiger partial charge on any atom is -0.496 e. The first-order valence-corrected chi connectivity index (χ1v) is 7.69. The molecule has 0 aliphatic carbocycles. The van der Waals surface area contributed by atoms with E-state index < -0.39 is 0 Å². The molecule has 0 amide bonds.